The number of rotatable bonds is 5. The lowest BCUT2D eigenvalue weighted by molar-refractivity contribution is -0.134. The third-order valence-corrected chi connectivity index (χ3v) is 4.32. The van der Waals surface area contributed by atoms with Crippen LogP contribution in [-0.4, -0.2) is 35.1 Å². The molecule has 1 aliphatic carbocycles. The first-order valence-corrected chi connectivity index (χ1v) is 7.10. The van der Waals surface area contributed by atoms with Crippen LogP contribution in [0.1, 0.15) is 32.8 Å². The van der Waals surface area contributed by atoms with Gasteiger partial charge in [-0.3, -0.25) is 4.79 Å². The van der Waals surface area contributed by atoms with Crippen LogP contribution in [0.2, 0.25) is 0 Å². The maximum atomic E-state index is 12.8. The van der Waals surface area contributed by atoms with Crippen LogP contribution in [0.4, 0.5) is 0 Å². The Labute approximate surface area is 115 Å². The third-order valence-electron chi connectivity index (χ3n) is 4.32. The molecule has 3 nitrogen and oxygen atoms in total. The van der Waals surface area contributed by atoms with Crippen molar-refractivity contribution in [3.05, 3.63) is 35.9 Å². The molecule has 1 aliphatic rings. The van der Waals surface area contributed by atoms with E-state index in [0.29, 0.717) is 0 Å². The number of nitrogens with zero attached hydrogens (tertiary/aromatic N) is 1. The van der Waals surface area contributed by atoms with Crippen molar-refractivity contribution >= 4 is 5.91 Å². The van der Waals surface area contributed by atoms with Crippen molar-refractivity contribution in [1.82, 2.24) is 4.90 Å². The molecule has 0 aliphatic heterocycles. The zero-order valence-electron chi connectivity index (χ0n) is 12.0. The van der Waals surface area contributed by atoms with Crippen LogP contribution >= 0.6 is 0 Å². The molecule has 3 atom stereocenters. The summed E-state index contributed by atoms with van der Waals surface area (Å²) in [6, 6.07) is 9.89. The van der Waals surface area contributed by atoms with Crippen molar-refractivity contribution in [2.24, 2.45) is 5.92 Å². The number of carbonyl (C=O) groups is 1. The fourth-order valence-electron chi connectivity index (χ4n) is 3.10. The summed E-state index contributed by atoms with van der Waals surface area (Å²) in [7, 11) is 0. The maximum Gasteiger partial charge on any atom is 0.233 e. The molecule has 19 heavy (non-hydrogen) atoms. The predicted octanol–water partition coefficient (Wildman–Crippen LogP) is 2.19. The van der Waals surface area contributed by atoms with Gasteiger partial charge in [-0.2, -0.15) is 0 Å². The number of aliphatic hydroxyl groups is 1. The van der Waals surface area contributed by atoms with Crippen LogP contribution in [0.5, 0.6) is 0 Å². The molecule has 0 aromatic heterocycles. The van der Waals surface area contributed by atoms with Crippen LogP contribution in [0.25, 0.3) is 0 Å². The molecule has 1 N–H and O–H groups in total. The van der Waals surface area contributed by atoms with Gasteiger partial charge in [0.2, 0.25) is 5.91 Å². The van der Waals surface area contributed by atoms with E-state index in [0.717, 1.165) is 25.1 Å². The summed E-state index contributed by atoms with van der Waals surface area (Å²) in [5.41, 5.74) is 0.541. The average molecular weight is 261 g/mol. The molecular weight excluding hydrogens is 238 g/mol. The normalized spacial score (nSPS) is 26.8. The average Bonchev–Trinajstić information content (AvgIpc) is 3.18. The summed E-state index contributed by atoms with van der Waals surface area (Å²) in [5, 5.41) is 9.89. The van der Waals surface area contributed by atoms with Crippen molar-refractivity contribution in [3.8, 4) is 0 Å². The summed E-state index contributed by atoms with van der Waals surface area (Å²) < 4.78 is 0. The number of likely N-dealkylation sites (N-methyl/N-ethyl adjacent to an activating group) is 1. The van der Waals surface area contributed by atoms with Crippen molar-refractivity contribution in [3.63, 3.8) is 0 Å². The third kappa shape index (κ3) is 2.27. The molecule has 0 heterocycles. The highest BCUT2D eigenvalue weighted by Gasteiger charge is 2.63. The molecule has 0 saturated heterocycles. The van der Waals surface area contributed by atoms with E-state index in [4.69, 9.17) is 0 Å². The van der Waals surface area contributed by atoms with Crippen LogP contribution in [-0.2, 0) is 10.2 Å². The van der Waals surface area contributed by atoms with Crippen molar-refractivity contribution in [2.45, 2.75) is 38.7 Å². The Morgan fingerprint density at radius 3 is 2.37 bits per heavy atom. The molecule has 1 aromatic rings. The van der Waals surface area contributed by atoms with Gasteiger partial charge in [-0.15, -0.1) is 0 Å². The van der Waals surface area contributed by atoms with E-state index in [1.165, 1.54) is 0 Å². The molecule has 1 aromatic carbocycles. The number of carbonyl (C=O) groups excluding carboxylic acids is 1. The number of hydrogen-bond acceptors (Lipinski definition) is 2. The quantitative estimate of drug-likeness (QED) is 0.882. The number of benzene rings is 1. The Hall–Kier alpha value is -1.35. The van der Waals surface area contributed by atoms with Gasteiger partial charge < -0.3 is 10.0 Å². The Kier molecular flexibility index (Phi) is 3.95. The largest absolute Gasteiger partial charge is 0.393 e. The highest BCUT2D eigenvalue weighted by molar-refractivity contribution is 5.92. The van der Waals surface area contributed by atoms with Gasteiger partial charge >= 0.3 is 0 Å². The second-order valence-corrected chi connectivity index (χ2v) is 5.37. The van der Waals surface area contributed by atoms with Gasteiger partial charge in [0.1, 0.15) is 0 Å². The molecule has 2 rings (SSSR count). The standard InChI is InChI=1S/C16H23NO2/c1-4-17(5-2)15(19)16(11-14(16)12(3)18)13-9-7-6-8-10-13/h6-10,12,14,18H,4-5,11H2,1-3H3/t12?,14-,16+/m0/s1. The summed E-state index contributed by atoms with van der Waals surface area (Å²) in [6.07, 6.45) is 0.309. The summed E-state index contributed by atoms with van der Waals surface area (Å²) in [5.74, 6) is 0.206. The second-order valence-electron chi connectivity index (χ2n) is 5.37. The van der Waals surface area contributed by atoms with E-state index in [1.807, 2.05) is 49.1 Å². The van der Waals surface area contributed by atoms with Gasteiger partial charge in [0.25, 0.3) is 0 Å². The van der Waals surface area contributed by atoms with Crippen LogP contribution in [0, 0.1) is 5.92 Å². The molecule has 0 spiro atoms. The molecule has 0 radical (unpaired) electrons. The topological polar surface area (TPSA) is 40.5 Å². The second kappa shape index (κ2) is 5.33. The van der Waals surface area contributed by atoms with Crippen LogP contribution in [0.3, 0.4) is 0 Å². The first-order chi connectivity index (χ1) is 9.07. The van der Waals surface area contributed by atoms with Gasteiger partial charge in [0, 0.05) is 19.0 Å². The van der Waals surface area contributed by atoms with Crippen LogP contribution in [0.15, 0.2) is 30.3 Å². The lowest BCUT2D eigenvalue weighted by Crippen LogP contribution is -2.41. The van der Waals surface area contributed by atoms with E-state index in [-0.39, 0.29) is 11.8 Å². The van der Waals surface area contributed by atoms with Gasteiger partial charge in [-0.1, -0.05) is 30.3 Å². The van der Waals surface area contributed by atoms with E-state index in [2.05, 4.69) is 0 Å². The number of amides is 1. The first-order valence-electron chi connectivity index (χ1n) is 7.10. The fourth-order valence-corrected chi connectivity index (χ4v) is 3.10. The van der Waals surface area contributed by atoms with E-state index in [1.54, 1.807) is 6.92 Å². The summed E-state index contributed by atoms with van der Waals surface area (Å²) >= 11 is 0. The maximum absolute atomic E-state index is 12.8. The number of hydrogen-bond donors (Lipinski definition) is 1. The molecule has 104 valence electrons. The van der Waals surface area contributed by atoms with Gasteiger partial charge in [-0.05, 0) is 32.8 Å². The lowest BCUT2D eigenvalue weighted by Gasteiger charge is -2.27. The Balaban J connectivity index is 2.36. The highest BCUT2D eigenvalue weighted by Crippen LogP contribution is 2.57. The Morgan fingerprint density at radius 1 is 1.37 bits per heavy atom. The van der Waals surface area contributed by atoms with Gasteiger partial charge in [0.15, 0.2) is 0 Å². The number of aliphatic hydroxyl groups excluding tert-OH is 1. The summed E-state index contributed by atoms with van der Waals surface area (Å²) in [6.45, 7) is 7.22. The predicted molar refractivity (Wildman–Crippen MR) is 75.8 cm³/mol. The monoisotopic (exact) mass is 261 g/mol. The molecule has 1 amide bonds. The van der Waals surface area contributed by atoms with Gasteiger partial charge in [-0.25, -0.2) is 0 Å². The van der Waals surface area contributed by atoms with Crippen molar-refractivity contribution in [2.75, 3.05) is 13.1 Å². The van der Waals surface area contributed by atoms with Gasteiger partial charge in [0.05, 0.1) is 11.5 Å². The fraction of sp³-hybridized carbons (Fsp3) is 0.562. The Bertz CT molecular complexity index is 439. The Morgan fingerprint density at radius 2 is 1.95 bits per heavy atom. The van der Waals surface area contributed by atoms with Crippen molar-refractivity contribution in [1.29, 1.82) is 0 Å². The van der Waals surface area contributed by atoms with Crippen LogP contribution < -0.4 is 0 Å². The smallest absolute Gasteiger partial charge is 0.233 e. The molecule has 3 heteroatoms. The molecule has 1 saturated carbocycles. The lowest BCUT2D eigenvalue weighted by atomic mass is 9.90. The SMILES string of the molecule is CCN(CC)C(=O)[C@@]1(c2ccccc2)C[C@H]1C(C)O. The zero-order valence-corrected chi connectivity index (χ0v) is 12.0. The minimum absolute atomic E-state index is 0.0444. The minimum Gasteiger partial charge on any atom is -0.393 e. The minimum atomic E-state index is -0.499. The first kappa shape index (κ1) is 14.1. The highest BCUT2D eigenvalue weighted by atomic mass is 16.3. The van der Waals surface area contributed by atoms with E-state index in [9.17, 15) is 9.90 Å². The molecule has 0 bridgehead atoms. The molecule has 1 fully saturated rings. The molecular formula is C16H23NO2. The molecule has 1 unspecified atom stereocenters. The van der Waals surface area contributed by atoms with E-state index >= 15 is 0 Å². The summed E-state index contributed by atoms with van der Waals surface area (Å²) in [4.78, 5) is 14.7. The van der Waals surface area contributed by atoms with Crippen molar-refractivity contribution < 1.29 is 9.90 Å². The van der Waals surface area contributed by atoms with E-state index < -0.39 is 11.5 Å². The zero-order chi connectivity index (χ0) is 14.0.